The molecule has 0 aliphatic heterocycles. The van der Waals surface area contributed by atoms with Gasteiger partial charge in [0, 0.05) is 12.0 Å². The Balaban J connectivity index is 1.25. The molecule has 1 nitrogen and oxygen atoms in total. The topological polar surface area (TPSA) is 9.23 Å². The summed E-state index contributed by atoms with van der Waals surface area (Å²) < 4.78 is 58.8. The lowest BCUT2D eigenvalue weighted by Crippen LogP contribution is -2.28. The third-order valence-corrected chi connectivity index (χ3v) is 9.05. The van der Waals surface area contributed by atoms with E-state index in [0.717, 1.165) is 54.9 Å². The summed E-state index contributed by atoms with van der Waals surface area (Å²) in [4.78, 5) is 0. The molecule has 1 aromatic carbocycles. The van der Waals surface area contributed by atoms with Crippen LogP contribution in [0.2, 0.25) is 0 Å². The minimum atomic E-state index is -2.53. The quantitative estimate of drug-likeness (QED) is 0.239. The summed E-state index contributed by atoms with van der Waals surface area (Å²) >= 11 is 0. The highest BCUT2D eigenvalue weighted by Crippen LogP contribution is 2.46. The van der Waals surface area contributed by atoms with E-state index in [1.807, 2.05) is 0 Å². The first kappa shape index (κ1) is 27.3. The highest BCUT2D eigenvalue weighted by Gasteiger charge is 2.33. The van der Waals surface area contributed by atoms with Crippen LogP contribution in [-0.4, -0.2) is 13.0 Å². The van der Waals surface area contributed by atoms with Gasteiger partial charge < -0.3 is 4.74 Å². The molecule has 200 valence electrons. The molecule has 3 aliphatic carbocycles. The van der Waals surface area contributed by atoms with Gasteiger partial charge in [0.1, 0.15) is 0 Å². The van der Waals surface area contributed by atoms with E-state index in [4.69, 9.17) is 4.74 Å². The van der Waals surface area contributed by atoms with Crippen LogP contribution in [0.25, 0.3) is 5.57 Å². The van der Waals surface area contributed by atoms with Crippen LogP contribution >= 0.6 is 0 Å². The van der Waals surface area contributed by atoms with Crippen molar-refractivity contribution in [3.63, 3.8) is 0 Å². The van der Waals surface area contributed by atoms with Gasteiger partial charge in [-0.25, -0.2) is 13.2 Å². The Morgan fingerprint density at radius 1 is 0.861 bits per heavy atom. The number of rotatable bonds is 9. The lowest BCUT2D eigenvalue weighted by molar-refractivity contribution is 0.112. The van der Waals surface area contributed by atoms with Gasteiger partial charge in [-0.05, 0) is 124 Å². The van der Waals surface area contributed by atoms with Crippen molar-refractivity contribution in [2.75, 3.05) is 6.61 Å². The molecule has 0 amide bonds. The second kappa shape index (κ2) is 13.1. The van der Waals surface area contributed by atoms with E-state index >= 15 is 0 Å². The molecule has 1 aromatic rings. The van der Waals surface area contributed by atoms with E-state index in [2.05, 4.69) is 25.2 Å². The van der Waals surface area contributed by atoms with Crippen LogP contribution in [0, 0.1) is 41.2 Å². The Morgan fingerprint density at radius 3 is 2.08 bits per heavy atom. The molecule has 2 saturated carbocycles. The van der Waals surface area contributed by atoms with E-state index < -0.39 is 24.5 Å². The van der Waals surface area contributed by atoms with Crippen molar-refractivity contribution >= 4 is 5.57 Å². The van der Waals surface area contributed by atoms with Crippen molar-refractivity contribution in [3.8, 4) is 5.75 Å². The standard InChI is InChI=1S/C31H42F4O/c1-2-3-4-21-5-7-22(8-6-21)23-9-11-24(12-10-23)25-13-15-26(16-14-25)27-17-18-28(31(35)30(27)34)36-20-19-29(32)33/h3-4,15,17-18,21-25,29H,2,5-14,16,19-20H2,1H3. The van der Waals surface area contributed by atoms with Gasteiger partial charge in [-0.3, -0.25) is 0 Å². The molecule has 2 fully saturated rings. The smallest absolute Gasteiger partial charge is 0.241 e. The number of alkyl halides is 2. The largest absolute Gasteiger partial charge is 0.490 e. The molecule has 1 unspecified atom stereocenters. The zero-order valence-corrected chi connectivity index (χ0v) is 21.7. The summed E-state index contributed by atoms with van der Waals surface area (Å²) in [6, 6.07) is 2.89. The predicted molar refractivity (Wildman–Crippen MR) is 138 cm³/mol. The van der Waals surface area contributed by atoms with Crippen LogP contribution < -0.4 is 4.74 Å². The van der Waals surface area contributed by atoms with E-state index in [1.54, 1.807) is 0 Å². The van der Waals surface area contributed by atoms with Crippen molar-refractivity contribution in [2.24, 2.45) is 29.6 Å². The fraction of sp³-hybridized carbons (Fsp3) is 0.677. The Labute approximate surface area is 214 Å². The monoisotopic (exact) mass is 506 g/mol. The van der Waals surface area contributed by atoms with Crippen LogP contribution in [0.15, 0.2) is 30.4 Å². The average Bonchev–Trinajstić information content (AvgIpc) is 2.90. The average molecular weight is 507 g/mol. The molecular formula is C31H42F4O. The molecule has 3 aliphatic rings. The first-order valence-electron chi connectivity index (χ1n) is 14.2. The van der Waals surface area contributed by atoms with Gasteiger partial charge in [-0.2, -0.15) is 4.39 Å². The van der Waals surface area contributed by atoms with Crippen LogP contribution in [-0.2, 0) is 0 Å². The zero-order chi connectivity index (χ0) is 25.5. The fourth-order valence-electron chi connectivity index (χ4n) is 6.90. The minimum absolute atomic E-state index is 0.278. The maximum atomic E-state index is 14.7. The van der Waals surface area contributed by atoms with Gasteiger partial charge in [0.2, 0.25) is 12.2 Å². The number of halogens is 4. The predicted octanol–water partition coefficient (Wildman–Crippen LogP) is 9.76. The van der Waals surface area contributed by atoms with Crippen molar-refractivity contribution in [1.29, 1.82) is 0 Å². The summed E-state index contributed by atoms with van der Waals surface area (Å²) in [5.41, 5.74) is 1.13. The van der Waals surface area contributed by atoms with Gasteiger partial charge >= 0.3 is 0 Å². The van der Waals surface area contributed by atoms with E-state index in [-0.39, 0.29) is 17.9 Å². The van der Waals surface area contributed by atoms with E-state index in [9.17, 15) is 17.6 Å². The number of allylic oxidation sites excluding steroid dienone is 4. The SMILES string of the molecule is CCC=CC1CCC(C2CCC(C3CC=C(c4ccc(OCCC(F)F)c(F)c4F)CC3)CC2)CC1. The molecule has 4 rings (SSSR count). The van der Waals surface area contributed by atoms with Crippen LogP contribution in [0.4, 0.5) is 17.6 Å². The van der Waals surface area contributed by atoms with Crippen LogP contribution in [0.5, 0.6) is 5.75 Å². The molecule has 0 saturated heterocycles. The second-order valence-corrected chi connectivity index (χ2v) is 11.2. The van der Waals surface area contributed by atoms with Gasteiger partial charge in [-0.15, -0.1) is 0 Å². The Kier molecular flexibility index (Phi) is 9.95. The Morgan fingerprint density at radius 2 is 1.50 bits per heavy atom. The molecule has 0 aromatic heterocycles. The van der Waals surface area contributed by atoms with Crippen LogP contribution in [0.1, 0.15) is 96.0 Å². The van der Waals surface area contributed by atoms with Gasteiger partial charge in [0.15, 0.2) is 11.6 Å². The highest BCUT2D eigenvalue weighted by molar-refractivity contribution is 5.67. The van der Waals surface area contributed by atoms with Crippen LogP contribution in [0.3, 0.4) is 0 Å². The Bertz CT molecular complexity index is 892. The first-order valence-corrected chi connectivity index (χ1v) is 14.2. The molecular weight excluding hydrogens is 464 g/mol. The summed E-state index contributed by atoms with van der Waals surface area (Å²) in [5, 5.41) is 0. The van der Waals surface area contributed by atoms with Crippen molar-refractivity contribution in [1.82, 2.24) is 0 Å². The van der Waals surface area contributed by atoms with E-state index in [1.165, 1.54) is 63.5 Å². The lowest BCUT2D eigenvalue weighted by Gasteiger charge is -2.40. The normalized spacial score (nSPS) is 29.5. The molecule has 0 spiro atoms. The molecule has 0 heterocycles. The van der Waals surface area contributed by atoms with Crippen molar-refractivity contribution in [2.45, 2.75) is 96.8 Å². The Hall–Kier alpha value is -1.78. The highest BCUT2D eigenvalue weighted by atomic mass is 19.3. The van der Waals surface area contributed by atoms with Crippen molar-refractivity contribution in [3.05, 3.63) is 47.6 Å². The minimum Gasteiger partial charge on any atom is -0.490 e. The summed E-state index contributed by atoms with van der Waals surface area (Å²) in [6.07, 6.45) is 18.5. The molecule has 5 heteroatoms. The molecule has 0 radical (unpaired) electrons. The summed E-state index contributed by atoms with van der Waals surface area (Å²) in [7, 11) is 0. The first-order chi connectivity index (χ1) is 17.5. The molecule has 0 N–H and O–H groups in total. The van der Waals surface area contributed by atoms with Gasteiger partial charge in [0.05, 0.1) is 6.61 Å². The van der Waals surface area contributed by atoms with Gasteiger partial charge in [0.25, 0.3) is 0 Å². The summed E-state index contributed by atoms with van der Waals surface area (Å²) in [6.45, 7) is 1.87. The fourth-order valence-corrected chi connectivity index (χ4v) is 6.90. The number of hydrogen-bond donors (Lipinski definition) is 0. The maximum Gasteiger partial charge on any atom is 0.241 e. The third-order valence-electron chi connectivity index (χ3n) is 9.05. The number of hydrogen-bond acceptors (Lipinski definition) is 1. The van der Waals surface area contributed by atoms with Crippen molar-refractivity contribution < 1.29 is 22.3 Å². The lowest BCUT2D eigenvalue weighted by atomic mass is 9.66. The summed E-state index contributed by atoms with van der Waals surface area (Å²) in [5.74, 6) is 1.67. The number of benzene rings is 1. The van der Waals surface area contributed by atoms with E-state index in [0.29, 0.717) is 5.92 Å². The molecule has 1 atom stereocenters. The number of ether oxygens (including phenoxy) is 1. The van der Waals surface area contributed by atoms with Gasteiger partial charge in [-0.1, -0.05) is 25.2 Å². The maximum absolute atomic E-state index is 14.7. The zero-order valence-electron chi connectivity index (χ0n) is 21.7. The second-order valence-electron chi connectivity index (χ2n) is 11.2. The molecule has 0 bridgehead atoms. The third kappa shape index (κ3) is 6.95. The molecule has 36 heavy (non-hydrogen) atoms.